The van der Waals surface area contributed by atoms with Gasteiger partial charge in [0, 0.05) is 34.1 Å². The van der Waals surface area contributed by atoms with E-state index >= 15 is 0 Å². The third-order valence-corrected chi connectivity index (χ3v) is 4.23. The number of aromatic nitrogens is 1. The van der Waals surface area contributed by atoms with E-state index in [-0.39, 0.29) is 6.10 Å². The number of rotatable bonds is 4. The molecule has 1 unspecified atom stereocenters. The molecule has 0 amide bonds. The van der Waals surface area contributed by atoms with Gasteiger partial charge in [0.2, 0.25) is 0 Å². The number of pyridine rings is 1. The number of halogens is 1. The average molecular weight is 298 g/mol. The molecule has 84 valence electrons. The van der Waals surface area contributed by atoms with E-state index in [2.05, 4.69) is 20.9 Å². The molecular formula is C12H12BrNOS. The lowest BCUT2D eigenvalue weighted by Gasteiger charge is -2.08. The minimum Gasteiger partial charge on any atom is -0.392 e. The molecule has 0 fully saturated rings. The van der Waals surface area contributed by atoms with E-state index in [1.54, 1.807) is 17.5 Å². The predicted octanol–water partition coefficient (Wildman–Crippen LogP) is 3.05. The highest BCUT2D eigenvalue weighted by Crippen LogP contribution is 2.24. The Labute approximate surface area is 107 Å². The minimum atomic E-state index is -0.371. The Morgan fingerprint density at radius 2 is 2.19 bits per heavy atom. The first kappa shape index (κ1) is 11.8. The number of aliphatic hydroxyl groups excluding tert-OH is 1. The molecule has 2 nitrogen and oxygen atoms in total. The summed E-state index contributed by atoms with van der Waals surface area (Å²) in [5.41, 5.74) is 0.933. The van der Waals surface area contributed by atoms with Gasteiger partial charge in [-0.25, -0.2) is 0 Å². The smallest absolute Gasteiger partial charge is 0.0644 e. The summed E-state index contributed by atoms with van der Waals surface area (Å²) in [5, 5.41) is 12.0. The van der Waals surface area contributed by atoms with E-state index in [1.165, 1.54) is 4.88 Å². The summed E-state index contributed by atoms with van der Waals surface area (Å²) in [6.45, 7) is 0. The zero-order chi connectivity index (χ0) is 11.4. The third-order valence-electron chi connectivity index (χ3n) is 2.28. The van der Waals surface area contributed by atoms with Crippen LogP contribution in [0.1, 0.15) is 10.6 Å². The molecule has 0 aromatic carbocycles. The van der Waals surface area contributed by atoms with Gasteiger partial charge in [0.1, 0.15) is 0 Å². The molecule has 2 rings (SSSR count). The lowest BCUT2D eigenvalue weighted by Crippen LogP contribution is -2.14. The van der Waals surface area contributed by atoms with Crippen LogP contribution in [0.5, 0.6) is 0 Å². The van der Waals surface area contributed by atoms with Crippen molar-refractivity contribution in [1.29, 1.82) is 0 Å². The van der Waals surface area contributed by atoms with E-state index in [9.17, 15) is 5.11 Å². The van der Waals surface area contributed by atoms with E-state index in [4.69, 9.17) is 0 Å². The first-order valence-corrected chi connectivity index (χ1v) is 6.73. The molecule has 0 saturated carbocycles. The predicted molar refractivity (Wildman–Crippen MR) is 69.7 cm³/mol. The summed E-state index contributed by atoms with van der Waals surface area (Å²) in [6, 6.07) is 7.77. The normalized spacial score (nSPS) is 12.6. The van der Waals surface area contributed by atoms with Crippen LogP contribution in [0.3, 0.4) is 0 Å². The lowest BCUT2D eigenvalue weighted by molar-refractivity contribution is 0.175. The van der Waals surface area contributed by atoms with Gasteiger partial charge in [-0.3, -0.25) is 4.98 Å². The third kappa shape index (κ3) is 3.14. The fourth-order valence-corrected chi connectivity index (χ4v) is 3.10. The number of thiophene rings is 1. The molecule has 0 radical (unpaired) electrons. The lowest BCUT2D eigenvalue weighted by atomic mass is 10.1. The SMILES string of the molecule is OC(Cc1ccccn1)Cc1sccc1Br. The highest BCUT2D eigenvalue weighted by atomic mass is 79.9. The molecule has 0 bridgehead atoms. The van der Waals surface area contributed by atoms with Crippen LogP contribution in [0.2, 0.25) is 0 Å². The quantitative estimate of drug-likeness (QED) is 0.941. The second-order valence-corrected chi connectivity index (χ2v) is 5.43. The maximum Gasteiger partial charge on any atom is 0.0644 e. The van der Waals surface area contributed by atoms with E-state index in [0.29, 0.717) is 12.8 Å². The summed E-state index contributed by atoms with van der Waals surface area (Å²) >= 11 is 5.13. The van der Waals surface area contributed by atoms with Crippen molar-refractivity contribution in [3.05, 3.63) is 50.9 Å². The summed E-state index contributed by atoms with van der Waals surface area (Å²) < 4.78 is 1.08. The van der Waals surface area contributed by atoms with Crippen LogP contribution in [0.25, 0.3) is 0 Å². The Balaban J connectivity index is 1.95. The molecule has 2 aromatic heterocycles. The molecule has 0 aliphatic carbocycles. The van der Waals surface area contributed by atoms with Gasteiger partial charge in [-0.1, -0.05) is 6.07 Å². The number of hydrogen-bond donors (Lipinski definition) is 1. The summed E-state index contributed by atoms with van der Waals surface area (Å²) in [7, 11) is 0. The largest absolute Gasteiger partial charge is 0.392 e. The van der Waals surface area contributed by atoms with Gasteiger partial charge < -0.3 is 5.11 Å². The van der Waals surface area contributed by atoms with Crippen molar-refractivity contribution in [2.75, 3.05) is 0 Å². The van der Waals surface area contributed by atoms with Crippen LogP contribution >= 0.6 is 27.3 Å². The van der Waals surface area contributed by atoms with Gasteiger partial charge in [-0.2, -0.15) is 0 Å². The van der Waals surface area contributed by atoms with Crippen LogP contribution in [0.15, 0.2) is 40.3 Å². The molecule has 4 heteroatoms. The van der Waals surface area contributed by atoms with Crippen molar-refractivity contribution < 1.29 is 5.11 Å². The molecule has 0 aliphatic heterocycles. The van der Waals surface area contributed by atoms with Gasteiger partial charge >= 0.3 is 0 Å². The molecule has 2 heterocycles. The average Bonchev–Trinajstić information content (AvgIpc) is 2.66. The fourth-order valence-electron chi connectivity index (χ4n) is 1.52. The molecule has 1 atom stereocenters. The molecule has 0 aliphatic rings. The summed E-state index contributed by atoms with van der Waals surface area (Å²) in [5.74, 6) is 0. The van der Waals surface area contributed by atoms with E-state index < -0.39 is 0 Å². The van der Waals surface area contributed by atoms with Crippen molar-refractivity contribution in [3.8, 4) is 0 Å². The Morgan fingerprint density at radius 3 is 2.81 bits per heavy atom. The second-order valence-electron chi connectivity index (χ2n) is 3.57. The maximum absolute atomic E-state index is 9.94. The number of nitrogens with zero attached hydrogens (tertiary/aromatic N) is 1. The number of hydrogen-bond acceptors (Lipinski definition) is 3. The van der Waals surface area contributed by atoms with Gasteiger partial charge in [0.25, 0.3) is 0 Å². The van der Waals surface area contributed by atoms with Crippen LogP contribution in [0, 0.1) is 0 Å². The van der Waals surface area contributed by atoms with Crippen molar-refractivity contribution in [1.82, 2.24) is 4.98 Å². The Bertz CT molecular complexity index is 443. The van der Waals surface area contributed by atoms with Crippen LogP contribution < -0.4 is 0 Å². The van der Waals surface area contributed by atoms with Gasteiger partial charge in [0.15, 0.2) is 0 Å². The van der Waals surface area contributed by atoms with Crippen molar-refractivity contribution in [2.24, 2.45) is 0 Å². The first-order chi connectivity index (χ1) is 7.75. The second kappa shape index (κ2) is 5.57. The van der Waals surface area contributed by atoms with Crippen LogP contribution in [0.4, 0.5) is 0 Å². The highest BCUT2D eigenvalue weighted by molar-refractivity contribution is 9.10. The van der Waals surface area contributed by atoms with Crippen molar-refractivity contribution in [3.63, 3.8) is 0 Å². The van der Waals surface area contributed by atoms with Gasteiger partial charge in [-0.15, -0.1) is 11.3 Å². The molecule has 1 N–H and O–H groups in total. The van der Waals surface area contributed by atoms with Gasteiger partial charge in [0.05, 0.1) is 6.10 Å². The van der Waals surface area contributed by atoms with E-state index in [1.807, 2.05) is 29.6 Å². The zero-order valence-corrected chi connectivity index (χ0v) is 11.0. The van der Waals surface area contributed by atoms with Crippen molar-refractivity contribution in [2.45, 2.75) is 18.9 Å². The summed E-state index contributed by atoms with van der Waals surface area (Å²) in [6.07, 6.45) is 2.66. The van der Waals surface area contributed by atoms with Crippen molar-refractivity contribution >= 4 is 27.3 Å². The summed E-state index contributed by atoms with van der Waals surface area (Å²) in [4.78, 5) is 5.39. The monoisotopic (exact) mass is 297 g/mol. The topological polar surface area (TPSA) is 33.1 Å². The molecule has 0 spiro atoms. The first-order valence-electron chi connectivity index (χ1n) is 5.05. The zero-order valence-electron chi connectivity index (χ0n) is 8.64. The molecule has 0 saturated heterocycles. The Kier molecular flexibility index (Phi) is 4.09. The highest BCUT2D eigenvalue weighted by Gasteiger charge is 2.10. The van der Waals surface area contributed by atoms with E-state index in [0.717, 1.165) is 10.2 Å². The van der Waals surface area contributed by atoms with Crippen LogP contribution in [-0.4, -0.2) is 16.2 Å². The molecule has 16 heavy (non-hydrogen) atoms. The minimum absolute atomic E-state index is 0.371. The Morgan fingerprint density at radius 1 is 1.31 bits per heavy atom. The Hall–Kier alpha value is -0.710. The molecular weight excluding hydrogens is 286 g/mol. The van der Waals surface area contributed by atoms with Gasteiger partial charge in [-0.05, 0) is 39.5 Å². The standard InChI is InChI=1S/C12H12BrNOS/c13-11-4-6-16-12(11)8-10(15)7-9-3-1-2-5-14-9/h1-6,10,15H,7-8H2. The molecule has 2 aromatic rings. The maximum atomic E-state index is 9.94. The number of aliphatic hydroxyl groups is 1. The van der Waals surface area contributed by atoms with Crippen LogP contribution in [-0.2, 0) is 12.8 Å². The fraction of sp³-hybridized carbons (Fsp3) is 0.250.